The fourth-order valence-corrected chi connectivity index (χ4v) is 1.67. The normalized spacial score (nSPS) is 10.3. The summed E-state index contributed by atoms with van der Waals surface area (Å²) >= 11 is 5.68. The van der Waals surface area contributed by atoms with Crippen LogP contribution in [0, 0.1) is 5.82 Å². The smallest absolute Gasteiger partial charge is 0.282 e. The van der Waals surface area contributed by atoms with Gasteiger partial charge in [-0.15, -0.1) is 0 Å². The van der Waals surface area contributed by atoms with Gasteiger partial charge in [-0.25, -0.2) is 10.2 Å². The van der Waals surface area contributed by atoms with Crippen LogP contribution < -0.4 is 11.3 Å². The largest absolute Gasteiger partial charge is 0.312 e. The quantitative estimate of drug-likeness (QED) is 0.488. The maximum Gasteiger partial charge on any atom is 0.282 e. The molecule has 6 heteroatoms. The molecule has 0 bridgehead atoms. The van der Waals surface area contributed by atoms with Crippen molar-refractivity contribution in [2.24, 2.45) is 5.84 Å². The van der Waals surface area contributed by atoms with E-state index in [4.69, 9.17) is 17.4 Å². The van der Waals surface area contributed by atoms with E-state index in [0.717, 1.165) is 0 Å². The second-order valence-electron chi connectivity index (χ2n) is 3.34. The SMILES string of the molecule is NNC(=O)c1cccn1-c1ccc(F)c(Cl)c1. The molecular weight excluding hydrogens is 245 g/mol. The molecule has 0 unspecified atom stereocenters. The van der Waals surface area contributed by atoms with Gasteiger partial charge in [-0.2, -0.15) is 0 Å². The first kappa shape index (κ1) is 11.6. The van der Waals surface area contributed by atoms with Crippen molar-refractivity contribution < 1.29 is 9.18 Å². The van der Waals surface area contributed by atoms with Gasteiger partial charge in [0.05, 0.1) is 5.02 Å². The fraction of sp³-hybridized carbons (Fsp3) is 0. The molecule has 3 N–H and O–H groups in total. The van der Waals surface area contributed by atoms with Gasteiger partial charge in [-0.3, -0.25) is 10.2 Å². The molecule has 1 amide bonds. The second-order valence-corrected chi connectivity index (χ2v) is 3.74. The van der Waals surface area contributed by atoms with Crippen LogP contribution in [-0.4, -0.2) is 10.5 Å². The molecule has 0 fully saturated rings. The number of hydrogen-bond donors (Lipinski definition) is 2. The average molecular weight is 254 g/mol. The minimum atomic E-state index is -0.507. The topological polar surface area (TPSA) is 60.0 Å². The van der Waals surface area contributed by atoms with Gasteiger partial charge >= 0.3 is 0 Å². The lowest BCUT2D eigenvalue weighted by molar-refractivity contribution is 0.0947. The number of nitrogens with two attached hydrogens (primary N) is 1. The summed E-state index contributed by atoms with van der Waals surface area (Å²) in [6, 6.07) is 7.47. The molecule has 0 spiro atoms. The Morgan fingerprint density at radius 2 is 2.18 bits per heavy atom. The third-order valence-corrected chi connectivity index (χ3v) is 2.58. The first-order valence-electron chi connectivity index (χ1n) is 4.77. The summed E-state index contributed by atoms with van der Waals surface area (Å²) < 4.78 is 14.6. The maximum atomic E-state index is 13.0. The van der Waals surface area contributed by atoms with Crippen molar-refractivity contribution in [3.8, 4) is 5.69 Å². The first-order valence-corrected chi connectivity index (χ1v) is 5.15. The Morgan fingerprint density at radius 3 is 2.82 bits per heavy atom. The number of carbonyl (C=O) groups excluding carboxylic acids is 1. The zero-order valence-electron chi connectivity index (χ0n) is 8.65. The molecule has 0 aliphatic carbocycles. The van der Waals surface area contributed by atoms with Crippen LogP contribution in [0.4, 0.5) is 4.39 Å². The summed E-state index contributed by atoms with van der Waals surface area (Å²) in [6.45, 7) is 0. The Kier molecular flexibility index (Phi) is 3.12. The summed E-state index contributed by atoms with van der Waals surface area (Å²) in [5, 5.41) is -0.00435. The Hall–Kier alpha value is -1.85. The van der Waals surface area contributed by atoms with E-state index in [2.05, 4.69) is 0 Å². The summed E-state index contributed by atoms with van der Waals surface area (Å²) in [7, 11) is 0. The van der Waals surface area contributed by atoms with Gasteiger partial charge in [0.1, 0.15) is 11.5 Å². The predicted octanol–water partition coefficient (Wildman–Crippen LogP) is 1.87. The van der Waals surface area contributed by atoms with Gasteiger partial charge in [-0.05, 0) is 30.3 Å². The Bertz CT molecular complexity index is 568. The minimum absolute atomic E-state index is 0.00435. The molecule has 1 heterocycles. The number of halogens is 2. The summed E-state index contributed by atoms with van der Waals surface area (Å²) in [6.07, 6.45) is 1.66. The predicted molar refractivity (Wildman–Crippen MR) is 62.4 cm³/mol. The van der Waals surface area contributed by atoms with E-state index >= 15 is 0 Å². The zero-order valence-corrected chi connectivity index (χ0v) is 9.41. The van der Waals surface area contributed by atoms with Gasteiger partial charge in [0, 0.05) is 11.9 Å². The number of hydrogen-bond acceptors (Lipinski definition) is 2. The molecular formula is C11H9ClFN3O. The van der Waals surface area contributed by atoms with Crippen LogP contribution in [0.25, 0.3) is 5.69 Å². The van der Waals surface area contributed by atoms with Crippen LogP contribution in [0.15, 0.2) is 36.5 Å². The molecule has 17 heavy (non-hydrogen) atoms. The third-order valence-electron chi connectivity index (χ3n) is 2.29. The molecule has 1 aromatic carbocycles. The van der Waals surface area contributed by atoms with Gasteiger partial charge in [-0.1, -0.05) is 11.6 Å². The lowest BCUT2D eigenvalue weighted by Crippen LogP contribution is -2.31. The lowest BCUT2D eigenvalue weighted by atomic mass is 10.3. The average Bonchev–Trinajstić information content (AvgIpc) is 2.80. The third kappa shape index (κ3) is 2.15. The van der Waals surface area contributed by atoms with E-state index in [0.29, 0.717) is 11.4 Å². The van der Waals surface area contributed by atoms with E-state index in [1.807, 2.05) is 5.43 Å². The van der Waals surface area contributed by atoms with Gasteiger partial charge in [0.2, 0.25) is 0 Å². The van der Waals surface area contributed by atoms with Crippen molar-refractivity contribution in [2.75, 3.05) is 0 Å². The molecule has 88 valence electrons. The first-order chi connectivity index (χ1) is 8.13. The van der Waals surface area contributed by atoms with Crippen LogP contribution >= 0.6 is 11.6 Å². The number of nitrogens with zero attached hydrogens (tertiary/aromatic N) is 1. The van der Waals surface area contributed by atoms with Crippen molar-refractivity contribution >= 4 is 17.5 Å². The van der Waals surface area contributed by atoms with Crippen molar-refractivity contribution in [1.82, 2.24) is 9.99 Å². The summed E-state index contributed by atoms with van der Waals surface area (Å²) in [5.41, 5.74) is 2.96. The Morgan fingerprint density at radius 1 is 1.41 bits per heavy atom. The standard InChI is InChI=1S/C11H9ClFN3O/c12-8-6-7(3-4-9(8)13)16-5-1-2-10(16)11(17)15-14/h1-6H,14H2,(H,15,17). The fourth-order valence-electron chi connectivity index (χ4n) is 1.50. The molecule has 0 saturated carbocycles. The molecule has 2 rings (SSSR count). The number of carbonyl (C=O) groups is 1. The highest BCUT2D eigenvalue weighted by molar-refractivity contribution is 6.30. The maximum absolute atomic E-state index is 13.0. The Labute approximate surface area is 102 Å². The molecule has 2 aromatic rings. The van der Waals surface area contributed by atoms with Crippen molar-refractivity contribution in [3.63, 3.8) is 0 Å². The monoisotopic (exact) mass is 253 g/mol. The van der Waals surface area contributed by atoms with Crippen LogP contribution in [0.5, 0.6) is 0 Å². The molecule has 0 aliphatic rings. The van der Waals surface area contributed by atoms with Crippen molar-refractivity contribution in [1.29, 1.82) is 0 Å². The van der Waals surface area contributed by atoms with Crippen molar-refractivity contribution in [2.45, 2.75) is 0 Å². The van der Waals surface area contributed by atoms with Gasteiger partial charge in [0.15, 0.2) is 0 Å². The van der Waals surface area contributed by atoms with Crippen LogP contribution in [0.1, 0.15) is 10.5 Å². The lowest BCUT2D eigenvalue weighted by Gasteiger charge is -2.08. The zero-order chi connectivity index (χ0) is 12.4. The highest BCUT2D eigenvalue weighted by Crippen LogP contribution is 2.20. The second kappa shape index (κ2) is 4.57. The number of benzene rings is 1. The van der Waals surface area contributed by atoms with E-state index in [1.165, 1.54) is 18.2 Å². The van der Waals surface area contributed by atoms with E-state index < -0.39 is 11.7 Å². The summed E-state index contributed by atoms with van der Waals surface area (Å²) in [5.74, 6) is 4.12. The van der Waals surface area contributed by atoms with Gasteiger partial charge < -0.3 is 4.57 Å². The molecule has 0 aliphatic heterocycles. The number of nitrogen functional groups attached to an aromatic ring is 1. The molecule has 0 radical (unpaired) electrons. The number of nitrogens with one attached hydrogen (secondary N) is 1. The molecule has 4 nitrogen and oxygen atoms in total. The molecule has 1 aromatic heterocycles. The van der Waals surface area contributed by atoms with Gasteiger partial charge in [0.25, 0.3) is 5.91 Å². The molecule has 0 saturated heterocycles. The number of amides is 1. The van der Waals surface area contributed by atoms with E-state index in [1.54, 1.807) is 22.9 Å². The summed E-state index contributed by atoms with van der Waals surface area (Å²) in [4.78, 5) is 11.5. The van der Waals surface area contributed by atoms with E-state index in [9.17, 15) is 9.18 Å². The Balaban J connectivity index is 2.50. The number of rotatable bonds is 2. The number of aromatic nitrogens is 1. The van der Waals surface area contributed by atoms with E-state index in [-0.39, 0.29) is 5.02 Å². The molecule has 0 atom stereocenters. The van der Waals surface area contributed by atoms with Crippen LogP contribution in [0.3, 0.4) is 0 Å². The number of hydrazine groups is 1. The highest BCUT2D eigenvalue weighted by Gasteiger charge is 2.11. The van der Waals surface area contributed by atoms with Crippen LogP contribution in [0.2, 0.25) is 5.02 Å². The van der Waals surface area contributed by atoms with Crippen molar-refractivity contribution in [3.05, 3.63) is 53.1 Å². The van der Waals surface area contributed by atoms with Crippen LogP contribution in [-0.2, 0) is 0 Å². The minimum Gasteiger partial charge on any atom is -0.312 e. The highest BCUT2D eigenvalue weighted by atomic mass is 35.5.